The molecule has 0 aliphatic rings. The van der Waals surface area contributed by atoms with Crippen LogP contribution in [0.1, 0.15) is 11.5 Å². The molecule has 0 saturated heterocycles. The second kappa shape index (κ2) is 6.35. The van der Waals surface area contributed by atoms with Gasteiger partial charge in [-0.25, -0.2) is 0 Å². The second-order valence-corrected chi connectivity index (χ2v) is 4.55. The van der Waals surface area contributed by atoms with Gasteiger partial charge in [0.2, 0.25) is 0 Å². The van der Waals surface area contributed by atoms with Crippen molar-refractivity contribution in [2.24, 2.45) is 0 Å². The van der Waals surface area contributed by atoms with E-state index in [1.807, 2.05) is 12.1 Å². The van der Waals surface area contributed by atoms with Gasteiger partial charge in [-0.05, 0) is 12.1 Å². The van der Waals surface area contributed by atoms with E-state index in [2.05, 4.69) is 4.98 Å². The summed E-state index contributed by atoms with van der Waals surface area (Å²) in [6.07, 6.45) is 3.41. The first-order valence-electron chi connectivity index (χ1n) is 5.51. The third-order valence-corrected chi connectivity index (χ3v) is 3.40. The zero-order valence-corrected chi connectivity index (χ0v) is 11.2. The molecule has 0 spiro atoms. The standard InChI is InChI=1S/C13H15NO3S/c1-15-12-5-6-14-11(13(12)16-2)9-18-8-10-4-3-7-17-10/h3-7H,8-9H2,1-2H3. The van der Waals surface area contributed by atoms with Crippen molar-refractivity contribution in [1.82, 2.24) is 4.98 Å². The van der Waals surface area contributed by atoms with Crippen LogP contribution >= 0.6 is 11.8 Å². The van der Waals surface area contributed by atoms with Gasteiger partial charge in [0, 0.05) is 18.0 Å². The largest absolute Gasteiger partial charge is 0.493 e. The molecular formula is C13H15NO3S. The zero-order valence-electron chi connectivity index (χ0n) is 10.4. The van der Waals surface area contributed by atoms with Crippen molar-refractivity contribution in [2.45, 2.75) is 11.5 Å². The maximum absolute atomic E-state index is 5.33. The van der Waals surface area contributed by atoms with Gasteiger partial charge in [0.05, 0.1) is 31.9 Å². The van der Waals surface area contributed by atoms with E-state index in [9.17, 15) is 0 Å². The maximum atomic E-state index is 5.33. The number of rotatable bonds is 6. The minimum atomic E-state index is 0.701. The molecule has 0 atom stereocenters. The minimum absolute atomic E-state index is 0.701. The van der Waals surface area contributed by atoms with Gasteiger partial charge < -0.3 is 13.9 Å². The van der Waals surface area contributed by atoms with E-state index in [1.54, 1.807) is 44.5 Å². The molecule has 2 aromatic heterocycles. The summed E-state index contributed by atoms with van der Waals surface area (Å²) < 4.78 is 15.8. The topological polar surface area (TPSA) is 44.5 Å². The van der Waals surface area contributed by atoms with E-state index in [4.69, 9.17) is 13.9 Å². The molecule has 0 amide bonds. The molecule has 0 aliphatic heterocycles. The Morgan fingerprint density at radius 2 is 2.11 bits per heavy atom. The van der Waals surface area contributed by atoms with Crippen LogP contribution in [-0.2, 0) is 11.5 Å². The average Bonchev–Trinajstić information content (AvgIpc) is 2.91. The van der Waals surface area contributed by atoms with E-state index >= 15 is 0 Å². The lowest BCUT2D eigenvalue weighted by Crippen LogP contribution is -1.97. The van der Waals surface area contributed by atoms with Crippen LogP contribution in [0.2, 0.25) is 0 Å². The summed E-state index contributed by atoms with van der Waals surface area (Å²) >= 11 is 1.72. The molecular weight excluding hydrogens is 250 g/mol. The fourth-order valence-electron chi connectivity index (χ4n) is 1.60. The van der Waals surface area contributed by atoms with E-state index in [-0.39, 0.29) is 0 Å². The van der Waals surface area contributed by atoms with Crippen LogP contribution in [0.3, 0.4) is 0 Å². The summed E-state index contributed by atoms with van der Waals surface area (Å²) in [6, 6.07) is 5.64. The summed E-state index contributed by atoms with van der Waals surface area (Å²) in [5.41, 5.74) is 0.883. The fourth-order valence-corrected chi connectivity index (χ4v) is 2.46. The van der Waals surface area contributed by atoms with Crippen molar-refractivity contribution < 1.29 is 13.9 Å². The smallest absolute Gasteiger partial charge is 0.183 e. The van der Waals surface area contributed by atoms with Crippen LogP contribution in [0.4, 0.5) is 0 Å². The zero-order chi connectivity index (χ0) is 12.8. The summed E-state index contributed by atoms with van der Waals surface area (Å²) in [7, 11) is 3.25. The Balaban J connectivity index is 2.00. The third-order valence-electron chi connectivity index (χ3n) is 2.43. The Morgan fingerprint density at radius 1 is 1.22 bits per heavy atom. The number of ether oxygens (including phenoxy) is 2. The van der Waals surface area contributed by atoms with Crippen LogP contribution in [0.15, 0.2) is 35.1 Å². The molecule has 0 bridgehead atoms. The van der Waals surface area contributed by atoms with Gasteiger partial charge in [0.1, 0.15) is 5.76 Å². The highest BCUT2D eigenvalue weighted by molar-refractivity contribution is 7.97. The number of hydrogen-bond donors (Lipinski definition) is 0. The number of furan rings is 1. The molecule has 18 heavy (non-hydrogen) atoms. The predicted molar refractivity (Wildman–Crippen MR) is 71.0 cm³/mol. The van der Waals surface area contributed by atoms with Gasteiger partial charge in [-0.3, -0.25) is 4.98 Å². The first-order valence-corrected chi connectivity index (χ1v) is 6.66. The molecule has 0 N–H and O–H groups in total. The Kier molecular flexibility index (Phi) is 4.52. The summed E-state index contributed by atoms with van der Waals surface area (Å²) in [4.78, 5) is 4.32. The lowest BCUT2D eigenvalue weighted by Gasteiger charge is -2.10. The molecule has 0 radical (unpaired) electrons. The molecule has 96 valence electrons. The Morgan fingerprint density at radius 3 is 2.78 bits per heavy atom. The first-order chi connectivity index (χ1) is 8.85. The molecule has 0 aromatic carbocycles. The first kappa shape index (κ1) is 12.8. The lowest BCUT2D eigenvalue weighted by atomic mass is 10.3. The van der Waals surface area contributed by atoms with Gasteiger partial charge in [0.25, 0.3) is 0 Å². The lowest BCUT2D eigenvalue weighted by molar-refractivity contribution is 0.350. The van der Waals surface area contributed by atoms with Crippen LogP contribution in [0.25, 0.3) is 0 Å². The number of hydrogen-bond acceptors (Lipinski definition) is 5. The normalized spacial score (nSPS) is 10.3. The van der Waals surface area contributed by atoms with Gasteiger partial charge in [-0.2, -0.15) is 0 Å². The maximum Gasteiger partial charge on any atom is 0.183 e. The SMILES string of the molecule is COc1ccnc(CSCc2ccco2)c1OC. The summed E-state index contributed by atoms with van der Waals surface area (Å²) in [5, 5.41) is 0. The van der Waals surface area contributed by atoms with Crippen molar-refractivity contribution in [2.75, 3.05) is 14.2 Å². The molecule has 0 unspecified atom stereocenters. The van der Waals surface area contributed by atoms with Crippen molar-refractivity contribution in [3.8, 4) is 11.5 Å². The van der Waals surface area contributed by atoms with Crippen LogP contribution in [0.5, 0.6) is 11.5 Å². The quantitative estimate of drug-likeness (QED) is 0.803. The Labute approximate surface area is 110 Å². The van der Waals surface area contributed by atoms with Gasteiger partial charge >= 0.3 is 0 Å². The van der Waals surface area contributed by atoms with Crippen molar-refractivity contribution in [3.63, 3.8) is 0 Å². The molecule has 5 heteroatoms. The Hall–Kier alpha value is -1.62. The fraction of sp³-hybridized carbons (Fsp3) is 0.308. The van der Waals surface area contributed by atoms with Crippen LogP contribution in [-0.4, -0.2) is 19.2 Å². The number of thioether (sulfide) groups is 1. The highest BCUT2D eigenvalue weighted by Gasteiger charge is 2.11. The van der Waals surface area contributed by atoms with E-state index in [0.29, 0.717) is 11.5 Å². The minimum Gasteiger partial charge on any atom is -0.493 e. The van der Waals surface area contributed by atoms with Crippen LogP contribution < -0.4 is 9.47 Å². The highest BCUT2D eigenvalue weighted by atomic mass is 32.2. The number of methoxy groups -OCH3 is 2. The van der Waals surface area contributed by atoms with Gasteiger partial charge in [-0.1, -0.05) is 0 Å². The monoisotopic (exact) mass is 265 g/mol. The molecule has 2 heterocycles. The van der Waals surface area contributed by atoms with Crippen LogP contribution in [0, 0.1) is 0 Å². The van der Waals surface area contributed by atoms with Crippen molar-refractivity contribution in [3.05, 3.63) is 42.1 Å². The molecule has 4 nitrogen and oxygen atoms in total. The summed E-state index contributed by atoms with van der Waals surface area (Å²) in [6.45, 7) is 0. The van der Waals surface area contributed by atoms with Crippen molar-refractivity contribution >= 4 is 11.8 Å². The average molecular weight is 265 g/mol. The molecule has 0 saturated carbocycles. The van der Waals surface area contributed by atoms with E-state index in [0.717, 1.165) is 23.0 Å². The number of aromatic nitrogens is 1. The number of pyridine rings is 1. The molecule has 2 aromatic rings. The van der Waals surface area contributed by atoms with E-state index in [1.165, 1.54) is 0 Å². The highest BCUT2D eigenvalue weighted by Crippen LogP contribution is 2.31. The van der Waals surface area contributed by atoms with Gasteiger partial charge in [0.15, 0.2) is 11.5 Å². The molecule has 0 aliphatic carbocycles. The van der Waals surface area contributed by atoms with Gasteiger partial charge in [-0.15, -0.1) is 11.8 Å². The van der Waals surface area contributed by atoms with E-state index < -0.39 is 0 Å². The second-order valence-electron chi connectivity index (χ2n) is 3.57. The van der Waals surface area contributed by atoms with Crippen molar-refractivity contribution in [1.29, 1.82) is 0 Å². The third kappa shape index (κ3) is 2.98. The molecule has 2 rings (SSSR count). The Bertz CT molecular complexity index is 485. The number of nitrogens with zero attached hydrogens (tertiary/aromatic N) is 1. The summed E-state index contributed by atoms with van der Waals surface area (Å²) in [5.74, 6) is 3.94. The molecule has 0 fully saturated rings. The predicted octanol–water partition coefficient (Wildman–Crippen LogP) is 3.13.